The van der Waals surface area contributed by atoms with Crippen LogP contribution in [-0.2, 0) is 19.0 Å². The van der Waals surface area contributed by atoms with Gasteiger partial charge in [-0.15, -0.1) is 0 Å². The van der Waals surface area contributed by atoms with E-state index < -0.39 is 6.10 Å². The Hall–Kier alpha value is -1.21. The lowest BCUT2D eigenvalue weighted by molar-refractivity contribution is -0.168. The number of fused-ring (bicyclic) bond motifs is 1. The molecule has 0 aromatic rings. The molecule has 4 rings (SSSR count). The van der Waals surface area contributed by atoms with Crippen molar-refractivity contribution in [2.24, 2.45) is 5.41 Å². The van der Waals surface area contributed by atoms with Crippen molar-refractivity contribution >= 4 is 5.91 Å². The number of allylic oxidation sites excluding steroid dienone is 2. The first-order valence-electron chi connectivity index (χ1n) is 8.94. The number of nitrogens with zero attached hydrogens (tertiary/aromatic N) is 1. The molecule has 0 radical (unpaired) electrons. The molecular weight excluding hydrogens is 308 g/mol. The monoisotopic (exact) mass is 334 g/mol. The van der Waals surface area contributed by atoms with Gasteiger partial charge < -0.3 is 19.5 Å². The summed E-state index contributed by atoms with van der Waals surface area (Å²) in [7, 11) is 0. The Bertz CT molecular complexity index is 523. The molecule has 6 nitrogen and oxygen atoms in total. The van der Waals surface area contributed by atoms with Gasteiger partial charge in [-0.2, -0.15) is 0 Å². The van der Waals surface area contributed by atoms with Crippen molar-refractivity contribution in [2.45, 2.75) is 31.2 Å². The molecule has 132 valence electrons. The van der Waals surface area contributed by atoms with Crippen LogP contribution in [0.3, 0.4) is 0 Å². The van der Waals surface area contributed by atoms with Crippen molar-refractivity contribution in [3.05, 3.63) is 24.3 Å². The normalized spacial score (nSPS) is 34.6. The highest BCUT2D eigenvalue weighted by molar-refractivity contribution is 5.81. The predicted molar refractivity (Wildman–Crippen MR) is 88.6 cm³/mol. The number of rotatable bonds is 5. The van der Waals surface area contributed by atoms with Gasteiger partial charge in [0.05, 0.1) is 19.8 Å². The van der Waals surface area contributed by atoms with Crippen LogP contribution in [-0.4, -0.2) is 75.1 Å². The summed E-state index contributed by atoms with van der Waals surface area (Å²) in [6, 6.07) is 0. The van der Waals surface area contributed by atoms with Crippen LogP contribution in [0.2, 0.25) is 0 Å². The Morgan fingerprint density at radius 3 is 2.67 bits per heavy atom. The van der Waals surface area contributed by atoms with Crippen LogP contribution >= 0.6 is 0 Å². The highest BCUT2D eigenvalue weighted by atomic mass is 16.6. The van der Waals surface area contributed by atoms with Gasteiger partial charge in [0.25, 0.3) is 5.91 Å². The second-order valence-corrected chi connectivity index (χ2v) is 7.26. The first kappa shape index (κ1) is 16.3. The Kier molecular flexibility index (Phi) is 4.72. The molecule has 0 bridgehead atoms. The molecule has 1 N–H and O–H groups in total. The minimum Gasteiger partial charge on any atom is -0.379 e. The standard InChI is InChI=1S/C18H26N2O4/c21-17(16-11-23-14-3-1-2-4-15(14)24-16)19-12-18(5-6-18)13-20-7-9-22-10-8-20/h1-4,14-16H,5-13H2,(H,19,21). The van der Waals surface area contributed by atoms with E-state index in [4.69, 9.17) is 14.2 Å². The van der Waals surface area contributed by atoms with Crippen LogP contribution in [0.15, 0.2) is 24.3 Å². The number of morpholine rings is 1. The van der Waals surface area contributed by atoms with E-state index in [9.17, 15) is 4.79 Å². The van der Waals surface area contributed by atoms with E-state index in [0.29, 0.717) is 6.61 Å². The Balaban J connectivity index is 1.24. The largest absolute Gasteiger partial charge is 0.379 e. The number of carbonyl (C=O) groups is 1. The quantitative estimate of drug-likeness (QED) is 0.793. The first-order chi connectivity index (χ1) is 11.7. The maximum Gasteiger partial charge on any atom is 0.251 e. The molecule has 0 aromatic carbocycles. The van der Waals surface area contributed by atoms with Crippen LogP contribution in [0.5, 0.6) is 0 Å². The van der Waals surface area contributed by atoms with Gasteiger partial charge in [0.15, 0.2) is 6.10 Å². The molecule has 6 heteroatoms. The maximum absolute atomic E-state index is 12.4. The fourth-order valence-corrected chi connectivity index (χ4v) is 3.59. The molecule has 3 fully saturated rings. The summed E-state index contributed by atoms with van der Waals surface area (Å²) < 4.78 is 17.0. The molecule has 2 aliphatic carbocycles. The second-order valence-electron chi connectivity index (χ2n) is 7.26. The van der Waals surface area contributed by atoms with Gasteiger partial charge in [-0.05, 0) is 12.8 Å². The van der Waals surface area contributed by atoms with Crippen molar-refractivity contribution in [3.8, 4) is 0 Å². The van der Waals surface area contributed by atoms with Crippen LogP contribution in [0.1, 0.15) is 12.8 Å². The van der Waals surface area contributed by atoms with Gasteiger partial charge in [-0.25, -0.2) is 0 Å². The van der Waals surface area contributed by atoms with E-state index in [1.54, 1.807) is 0 Å². The highest BCUT2D eigenvalue weighted by Crippen LogP contribution is 2.45. The molecule has 2 saturated heterocycles. The van der Waals surface area contributed by atoms with Crippen LogP contribution < -0.4 is 5.32 Å². The van der Waals surface area contributed by atoms with E-state index in [1.807, 2.05) is 24.3 Å². The second kappa shape index (κ2) is 6.96. The smallest absolute Gasteiger partial charge is 0.251 e. The summed E-state index contributed by atoms with van der Waals surface area (Å²) >= 11 is 0. The molecule has 1 saturated carbocycles. The van der Waals surface area contributed by atoms with Crippen molar-refractivity contribution in [1.82, 2.24) is 10.2 Å². The number of carbonyl (C=O) groups excluding carboxylic acids is 1. The molecule has 1 amide bonds. The van der Waals surface area contributed by atoms with Crippen LogP contribution in [0, 0.1) is 5.41 Å². The summed E-state index contributed by atoms with van der Waals surface area (Å²) in [5.74, 6) is -0.0512. The van der Waals surface area contributed by atoms with E-state index >= 15 is 0 Å². The van der Waals surface area contributed by atoms with Gasteiger partial charge >= 0.3 is 0 Å². The van der Waals surface area contributed by atoms with Gasteiger partial charge in [0.1, 0.15) is 12.2 Å². The van der Waals surface area contributed by atoms with E-state index in [0.717, 1.165) is 39.4 Å². The van der Waals surface area contributed by atoms with Crippen molar-refractivity contribution < 1.29 is 19.0 Å². The minimum absolute atomic E-state index is 0.0512. The lowest BCUT2D eigenvalue weighted by atomic mass is 10.1. The maximum atomic E-state index is 12.4. The van der Waals surface area contributed by atoms with E-state index in [-0.39, 0.29) is 23.5 Å². The fraction of sp³-hybridized carbons (Fsp3) is 0.722. The molecule has 0 spiro atoms. The third-order valence-electron chi connectivity index (χ3n) is 5.35. The summed E-state index contributed by atoms with van der Waals surface area (Å²) in [5, 5.41) is 3.10. The lowest BCUT2D eigenvalue weighted by Gasteiger charge is -2.35. The molecule has 3 atom stereocenters. The van der Waals surface area contributed by atoms with E-state index in [1.165, 1.54) is 12.8 Å². The summed E-state index contributed by atoms with van der Waals surface area (Å²) in [6.45, 7) is 5.74. The Morgan fingerprint density at radius 2 is 1.92 bits per heavy atom. The summed E-state index contributed by atoms with van der Waals surface area (Å²) in [4.78, 5) is 14.9. The third kappa shape index (κ3) is 3.72. The van der Waals surface area contributed by atoms with Crippen molar-refractivity contribution in [2.75, 3.05) is 46.0 Å². The first-order valence-corrected chi connectivity index (χ1v) is 8.94. The average molecular weight is 334 g/mol. The third-order valence-corrected chi connectivity index (χ3v) is 5.35. The molecule has 2 heterocycles. The van der Waals surface area contributed by atoms with Gasteiger partial charge in [0.2, 0.25) is 0 Å². The number of ether oxygens (including phenoxy) is 3. The van der Waals surface area contributed by atoms with E-state index in [2.05, 4.69) is 10.2 Å². The van der Waals surface area contributed by atoms with Crippen molar-refractivity contribution in [3.63, 3.8) is 0 Å². The van der Waals surface area contributed by atoms with Crippen molar-refractivity contribution in [1.29, 1.82) is 0 Å². The molecule has 4 aliphatic rings. The molecule has 3 unspecified atom stereocenters. The molecular formula is C18H26N2O4. The van der Waals surface area contributed by atoms with Crippen LogP contribution in [0.25, 0.3) is 0 Å². The van der Waals surface area contributed by atoms with Gasteiger partial charge in [-0.3, -0.25) is 9.69 Å². The molecule has 2 aliphatic heterocycles. The van der Waals surface area contributed by atoms with Gasteiger partial charge in [-0.1, -0.05) is 24.3 Å². The lowest BCUT2D eigenvalue weighted by Crippen LogP contribution is -2.51. The summed E-state index contributed by atoms with van der Waals surface area (Å²) in [5.41, 5.74) is 0.249. The zero-order valence-electron chi connectivity index (χ0n) is 14.0. The van der Waals surface area contributed by atoms with Gasteiger partial charge in [0, 0.05) is 31.6 Å². The zero-order chi connectivity index (χ0) is 16.4. The SMILES string of the molecule is O=C(NCC1(CN2CCOCC2)CC1)C1COC2C=CC=CC2O1. The Labute approximate surface area is 142 Å². The minimum atomic E-state index is -0.512. The molecule has 24 heavy (non-hydrogen) atoms. The number of hydrogen-bond donors (Lipinski definition) is 1. The van der Waals surface area contributed by atoms with Crippen LogP contribution in [0.4, 0.5) is 0 Å². The number of amides is 1. The highest BCUT2D eigenvalue weighted by Gasteiger charge is 2.44. The molecule has 0 aromatic heterocycles. The topological polar surface area (TPSA) is 60.0 Å². The fourth-order valence-electron chi connectivity index (χ4n) is 3.59. The average Bonchev–Trinajstić information content (AvgIpc) is 3.40. The predicted octanol–water partition coefficient (Wildman–Crippen LogP) is 0.494. The number of hydrogen-bond acceptors (Lipinski definition) is 5. The summed E-state index contributed by atoms with van der Waals surface area (Å²) in [6.07, 6.45) is 9.46. The Morgan fingerprint density at radius 1 is 1.17 bits per heavy atom. The zero-order valence-corrected chi connectivity index (χ0v) is 14.0. The number of nitrogens with one attached hydrogen (secondary N) is 1.